The maximum Gasteiger partial charge on any atom is 0.251 e. The second-order valence-corrected chi connectivity index (χ2v) is 7.46. The van der Waals surface area contributed by atoms with E-state index in [-0.39, 0.29) is 17.4 Å². The van der Waals surface area contributed by atoms with Crippen LogP contribution < -0.4 is 14.8 Å². The standard InChI is InChI=1S/C21H25NO3/c1-21(2,3)16-7-5-14(6-8-16)20(23)22-13-18-12-15-11-17(24-4)9-10-19(15)25-18/h5-11,18H,12-13H2,1-4H3,(H,22,23). The quantitative estimate of drug-likeness (QED) is 0.923. The fraction of sp³-hybridized carbons (Fsp3) is 0.381. The minimum absolute atomic E-state index is 0.0418. The SMILES string of the molecule is COc1ccc2c(c1)CC(CNC(=O)c1ccc(C(C)(C)C)cc1)O2. The number of carbonyl (C=O) groups is 1. The van der Waals surface area contributed by atoms with Crippen molar-refractivity contribution in [1.29, 1.82) is 0 Å². The van der Waals surface area contributed by atoms with Crippen LogP contribution in [-0.4, -0.2) is 25.7 Å². The van der Waals surface area contributed by atoms with Gasteiger partial charge in [0.25, 0.3) is 5.91 Å². The summed E-state index contributed by atoms with van der Waals surface area (Å²) in [5.41, 5.74) is 3.09. The van der Waals surface area contributed by atoms with E-state index >= 15 is 0 Å². The normalized spacial score (nSPS) is 16.1. The molecule has 1 aliphatic heterocycles. The lowest BCUT2D eigenvalue weighted by Crippen LogP contribution is -2.34. The third-order valence-electron chi connectivity index (χ3n) is 4.51. The Bertz CT molecular complexity index is 760. The number of rotatable bonds is 4. The van der Waals surface area contributed by atoms with Gasteiger partial charge in [0.2, 0.25) is 0 Å². The minimum Gasteiger partial charge on any atom is -0.497 e. The number of carbonyl (C=O) groups excluding carboxylic acids is 1. The first-order chi connectivity index (χ1) is 11.9. The smallest absolute Gasteiger partial charge is 0.251 e. The van der Waals surface area contributed by atoms with Crippen molar-refractivity contribution < 1.29 is 14.3 Å². The van der Waals surface area contributed by atoms with Crippen LogP contribution in [0.4, 0.5) is 0 Å². The molecule has 1 atom stereocenters. The second-order valence-electron chi connectivity index (χ2n) is 7.46. The van der Waals surface area contributed by atoms with E-state index in [1.54, 1.807) is 7.11 Å². The second kappa shape index (κ2) is 6.79. The van der Waals surface area contributed by atoms with Gasteiger partial charge in [-0.15, -0.1) is 0 Å². The third-order valence-corrected chi connectivity index (χ3v) is 4.51. The lowest BCUT2D eigenvalue weighted by atomic mass is 9.87. The first-order valence-electron chi connectivity index (χ1n) is 8.59. The van der Waals surface area contributed by atoms with Crippen molar-refractivity contribution in [2.24, 2.45) is 0 Å². The highest BCUT2D eigenvalue weighted by Crippen LogP contribution is 2.31. The lowest BCUT2D eigenvalue weighted by molar-refractivity contribution is 0.0933. The molecule has 25 heavy (non-hydrogen) atoms. The van der Waals surface area contributed by atoms with Crippen LogP contribution in [0.5, 0.6) is 11.5 Å². The van der Waals surface area contributed by atoms with Gasteiger partial charge in [-0.2, -0.15) is 0 Å². The molecule has 0 aliphatic carbocycles. The van der Waals surface area contributed by atoms with Crippen molar-refractivity contribution in [3.63, 3.8) is 0 Å². The van der Waals surface area contributed by atoms with Gasteiger partial charge in [0.05, 0.1) is 13.7 Å². The molecule has 1 aliphatic rings. The average molecular weight is 339 g/mol. The zero-order valence-electron chi connectivity index (χ0n) is 15.3. The average Bonchev–Trinajstić information content (AvgIpc) is 3.00. The van der Waals surface area contributed by atoms with Gasteiger partial charge in [-0.05, 0) is 41.3 Å². The van der Waals surface area contributed by atoms with E-state index in [1.807, 2.05) is 42.5 Å². The monoisotopic (exact) mass is 339 g/mol. The summed E-state index contributed by atoms with van der Waals surface area (Å²) in [6.07, 6.45) is 0.732. The Balaban J connectivity index is 1.56. The lowest BCUT2D eigenvalue weighted by Gasteiger charge is -2.19. The van der Waals surface area contributed by atoms with Crippen LogP contribution in [0.25, 0.3) is 0 Å². The van der Waals surface area contributed by atoms with E-state index in [2.05, 4.69) is 26.1 Å². The Kier molecular flexibility index (Phi) is 4.71. The van der Waals surface area contributed by atoms with Gasteiger partial charge in [0.1, 0.15) is 17.6 Å². The van der Waals surface area contributed by atoms with E-state index in [0.717, 1.165) is 23.5 Å². The Morgan fingerprint density at radius 3 is 2.56 bits per heavy atom. The van der Waals surface area contributed by atoms with Crippen molar-refractivity contribution in [1.82, 2.24) is 5.32 Å². The van der Waals surface area contributed by atoms with Crippen molar-refractivity contribution in [2.45, 2.75) is 38.7 Å². The van der Waals surface area contributed by atoms with Crippen molar-refractivity contribution >= 4 is 5.91 Å². The number of fused-ring (bicyclic) bond motifs is 1. The Morgan fingerprint density at radius 1 is 1.20 bits per heavy atom. The molecule has 0 fully saturated rings. The van der Waals surface area contributed by atoms with Crippen LogP contribution in [0.3, 0.4) is 0 Å². The van der Waals surface area contributed by atoms with E-state index < -0.39 is 0 Å². The molecule has 1 heterocycles. The predicted molar refractivity (Wildman–Crippen MR) is 98.6 cm³/mol. The Labute approximate surface area is 149 Å². The molecule has 4 heteroatoms. The van der Waals surface area contributed by atoms with E-state index in [1.165, 1.54) is 5.56 Å². The van der Waals surface area contributed by atoms with E-state index in [0.29, 0.717) is 12.1 Å². The molecule has 1 N–H and O–H groups in total. The van der Waals surface area contributed by atoms with Gasteiger partial charge in [-0.3, -0.25) is 4.79 Å². The van der Waals surface area contributed by atoms with E-state index in [9.17, 15) is 4.79 Å². The third kappa shape index (κ3) is 3.95. The number of hydrogen-bond donors (Lipinski definition) is 1. The largest absolute Gasteiger partial charge is 0.497 e. The first kappa shape index (κ1) is 17.3. The van der Waals surface area contributed by atoms with Gasteiger partial charge in [0.15, 0.2) is 0 Å². The topological polar surface area (TPSA) is 47.6 Å². The maximum absolute atomic E-state index is 12.3. The molecule has 3 rings (SSSR count). The highest BCUT2D eigenvalue weighted by atomic mass is 16.5. The van der Waals surface area contributed by atoms with Gasteiger partial charge in [-0.25, -0.2) is 0 Å². The van der Waals surface area contributed by atoms with Crippen molar-refractivity contribution in [3.8, 4) is 11.5 Å². The predicted octanol–water partition coefficient (Wildman–Crippen LogP) is 3.73. The molecule has 4 nitrogen and oxygen atoms in total. The molecule has 2 aromatic carbocycles. The molecule has 0 bridgehead atoms. The van der Waals surface area contributed by atoms with Crippen LogP contribution >= 0.6 is 0 Å². The molecule has 0 saturated heterocycles. The van der Waals surface area contributed by atoms with Gasteiger partial charge >= 0.3 is 0 Å². The summed E-state index contributed by atoms with van der Waals surface area (Å²) in [5.74, 6) is 1.62. The van der Waals surface area contributed by atoms with Crippen LogP contribution in [0.1, 0.15) is 42.3 Å². The molecule has 132 valence electrons. The zero-order valence-corrected chi connectivity index (χ0v) is 15.3. The Hall–Kier alpha value is -2.49. The summed E-state index contributed by atoms with van der Waals surface area (Å²) in [7, 11) is 1.65. The van der Waals surface area contributed by atoms with Crippen molar-refractivity contribution in [3.05, 3.63) is 59.2 Å². The fourth-order valence-electron chi connectivity index (χ4n) is 2.97. The van der Waals surface area contributed by atoms with Crippen LogP contribution in [-0.2, 0) is 11.8 Å². The summed E-state index contributed by atoms with van der Waals surface area (Å²) in [6, 6.07) is 13.6. The molecule has 0 spiro atoms. The molecule has 1 unspecified atom stereocenters. The molecule has 0 radical (unpaired) electrons. The van der Waals surface area contributed by atoms with Crippen LogP contribution in [0, 0.1) is 0 Å². The number of ether oxygens (including phenoxy) is 2. The molecule has 0 aromatic heterocycles. The highest BCUT2D eigenvalue weighted by molar-refractivity contribution is 5.94. The molecule has 0 saturated carbocycles. The summed E-state index contributed by atoms with van der Waals surface area (Å²) < 4.78 is 11.1. The van der Waals surface area contributed by atoms with Gasteiger partial charge in [0, 0.05) is 17.5 Å². The number of amides is 1. The highest BCUT2D eigenvalue weighted by Gasteiger charge is 2.24. The molecular formula is C21H25NO3. The minimum atomic E-state index is -0.0717. The number of nitrogens with one attached hydrogen (secondary N) is 1. The van der Waals surface area contributed by atoms with Gasteiger partial charge < -0.3 is 14.8 Å². The number of benzene rings is 2. The summed E-state index contributed by atoms with van der Waals surface area (Å²) in [4.78, 5) is 12.3. The van der Waals surface area contributed by atoms with E-state index in [4.69, 9.17) is 9.47 Å². The fourth-order valence-corrected chi connectivity index (χ4v) is 2.97. The number of hydrogen-bond acceptors (Lipinski definition) is 3. The Morgan fingerprint density at radius 2 is 1.92 bits per heavy atom. The van der Waals surface area contributed by atoms with Crippen molar-refractivity contribution in [2.75, 3.05) is 13.7 Å². The molecular weight excluding hydrogens is 314 g/mol. The summed E-state index contributed by atoms with van der Waals surface area (Å²) in [5, 5.41) is 2.97. The zero-order chi connectivity index (χ0) is 18.0. The molecule has 2 aromatic rings. The summed E-state index contributed by atoms with van der Waals surface area (Å²) in [6.45, 7) is 6.96. The first-order valence-corrected chi connectivity index (χ1v) is 8.59. The maximum atomic E-state index is 12.3. The van der Waals surface area contributed by atoms with Crippen LogP contribution in [0.2, 0.25) is 0 Å². The summed E-state index contributed by atoms with van der Waals surface area (Å²) >= 11 is 0. The number of methoxy groups -OCH3 is 1. The van der Waals surface area contributed by atoms with Gasteiger partial charge in [-0.1, -0.05) is 32.9 Å². The van der Waals surface area contributed by atoms with Crippen LogP contribution in [0.15, 0.2) is 42.5 Å². The molecule has 1 amide bonds.